The van der Waals surface area contributed by atoms with Crippen LogP contribution in [0.2, 0.25) is 15.1 Å². The number of hydrogen-bond donors (Lipinski definition) is 1. The molecule has 9 heteroatoms. The van der Waals surface area contributed by atoms with Gasteiger partial charge in [0.2, 0.25) is 0 Å². The standard InChI is InChI=1S/C24H21Cl3N2O4/c1-2-31-23-12-16(4-10-22(23)33-14-17-3-9-20(26)21(27)11-17)13-28-29-24(30)15-32-19-7-5-18(25)6-8-19/h3-13H,2,14-15H2,1H3,(H,29,30)/b28-13-. The van der Waals surface area contributed by atoms with Gasteiger partial charge in [-0.15, -0.1) is 0 Å². The summed E-state index contributed by atoms with van der Waals surface area (Å²) < 4.78 is 16.9. The van der Waals surface area contributed by atoms with Gasteiger partial charge < -0.3 is 14.2 Å². The molecule has 0 aromatic heterocycles. The third-order valence-corrected chi connectivity index (χ3v) is 5.22. The molecule has 33 heavy (non-hydrogen) atoms. The number of carbonyl (C=O) groups is 1. The number of ether oxygens (including phenoxy) is 3. The van der Waals surface area contributed by atoms with Gasteiger partial charge >= 0.3 is 0 Å². The maximum Gasteiger partial charge on any atom is 0.277 e. The first-order chi connectivity index (χ1) is 15.9. The van der Waals surface area contributed by atoms with E-state index in [0.717, 1.165) is 11.1 Å². The van der Waals surface area contributed by atoms with Crippen molar-refractivity contribution in [1.29, 1.82) is 0 Å². The van der Waals surface area contributed by atoms with E-state index >= 15 is 0 Å². The quantitative estimate of drug-likeness (QED) is 0.264. The maximum absolute atomic E-state index is 11.9. The van der Waals surface area contributed by atoms with Crippen molar-refractivity contribution in [1.82, 2.24) is 5.43 Å². The number of carbonyl (C=O) groups excluding carboxylic acids is 1. The fourth-order valence-corrected chi connectivity index (χ4v) is 3.12. The molecule has 0 aliphatic carbocycles. The lowest BCUT2D eigenvalue weighted by atomic mass is 10.2. The first-order valence-electron chi connectivity index (χ1n) is 9.98. The van der Waals surface area contributed by atoms with Gasteiger partial charge in [0, 0.05) is 5.02 Å². The zero-order valence-electron chi connectivity index (χ0n) is 17.7. The summed E-state index contributed by atoms with van der Waals surface area (Å²) >= 11 is 17.8. The van der Waals surface area contributed by atoms with Crippen LogP contribution in [-0.4, -0.2) is 25.3 Å². The minimum atomic E-state index is -0.396. The number of amides is 1. The molecule has 3 rings (SSSR count). The van der Waals surface area contributed by atoms with Crippen LogP contribution in [0.1, 0.15) is 18.1 Å². The normalized spacial score (nSPS) is 10.8. The molecule has 0 aliphatic rings. The van der Waals surface area contributed by atoms with Gasteiger partial charge in [0.1, 0.15) is 12.4 Å². The number of benzene rings is 3. The Morgan fingerprint density at radius 3 is 2.42 bits per heavy atom. The number of nitrogens with zero attached hydrogens (tertiary/aromatic N) is 1. The van der Waals surface area contributed by atoms with Gasteiger partial charge in [-0.25, -0.2) is 5.43 Å². The van der Waals surface area contributed by atoms with Crippen molar-refractivity contribution in [3.8, 4) is 17.2 Å². The SMILES string of the molecule is CCOc1cc(/C=N\NC(=O)COc2ccc(Cl)cc2)ccc1OCc1ccc(Cl)c(Cl)c1. The Morgan fingerprint density at radius 1 is 0.909 bits per heavy atom. The Kier molecular flexibility index (Phi) is 9.24. The molecule has 6 nitrogen and oxygen atoms in total. The second kappa shape index (κ2) is 12.3. The van der Waals surface area contributed by atoms with E-state index in [2.05, 4.69) is 10.5 Å². The van der Waals surface area contributed by atoms with Crippen LogP contribution >= 0.6 is 34.8 Å². The monoisotopic (exact) mass is 506 g/mol. The predicted octanol–water partition coefficient (Wildman–Crippen LogP) is 6.15. The Labute approximate surface area is 207 Å². The molecular weight excluding hydrogens is 487 g/mol. The fraction of sp³-hybridized carbons (Fsp3) is 0.167. The molecule has 0 unspecified atom stereocenters. The summed E-state index contributed by atoms with van der Waals surface area (Å²) in [5.74, 6) is 1.27. The van der Waals surface area contributed by atoms with Crippen molar-refractivity contribution in [2.45, 2.75) is 13.5 Å². The molecular formula is C24H21Cl3N2O4. The molecule has 0 aliphatic heterocycles. The lowest BCUT2D eigenvalue weighted by Gasteiger charge is -2.13. The van der Waals surface area contributed by atoms with Gasteiger partial charge in [-0.3, -0.25) is 4.79 Å². The van der Waals surface area contributed by atoms with E-state index in [1.165, 1.54) is 6.21 Å². The summed E-state index contributed by atoms with van der Waals surface area (Å²) in [5.41, 5.74) is 4.02. The summed E-state index contributed by atoms with van der Waals surface area (Å²) in [4.78, 5) is 11.9. The van der Waals surface area contributed by atoms with Crippen molar-refractivity contribution < 1.29 is 19.0 Å². The summed E-state index contributed by atoms with van der Waals surface area (Å²) in [6.07, 6.45) is 1.51. The largest absolute Gasteiger partial charge is 0.490 e. The second-order valence-electron chi connectivity index (χ2n) is 6.71. The van der Waals surface area contributed by atoms with E-state index in [1.54, 1.807) is 54.6 Å². The van der Waals surface area contributed by atoms with Gasteiger partial charge in [-0.1, -0.05) is 40.9 Å². The third-order valence-electron chi connectivity index (χ3n) is 4.23. The molecule has 3 aromatic rings. The Bertz CT molecular complexity index is 1120. The van der Waals surface area contributed by atoms with Crippen molar-refractivity contribution in [2.24, 2.45) is 5.10 Å². The molecule has 0 fully saturated rings. The van der Waals surface area contributed by atoms with E-state index in [1.807, 2.05) is 13.0 Å². The average Bonchev–Trinajstić information content (AvgIpc) is 2.80. The lowest BCUT2D eigenvalue weighted by molar-refractivity contribution is -0.123. The zero-order chi connectivity index (χ0) is 23.6. The van der Waals surface area contributed by atoms with Crippen LogP contribution in [0, 0.1) is 0 Å². The molecule has 0 heterocycles. The van der Waals surface area contributed by atoms with E-state index in [4.69, 9.17) is 49.0 Å². The average molecular weight is 508 g/mol. The third kappa shape index (κ3) is 7.86. The highest BCUT2D eigenvalue weighted by atomic mass is 35.5. The Hall–Kier alpha value is -2.93. The number of halogens is 3. The van der Waals surface area contributed by atoms with Crippen LogP contribution in [0.15, 0.2) is 65.8 Å². The first kappa shape index (κ1) is 24.7. The molecule has 0 saturated carbocycles. The molecule has 0 saturated heterocycles. The highest BCUT2D eigenvalue weighted by Gasteiger charge is 2.08. The minimum Gasteiger partial charge on any atom is -0.490 e. The fourth-order valence-electron chi connectivity index (χ4n) is 2.67. The predicted molar refractivity (Wildman–Crippen MR) is 131 cm³/mol. The molecule has 0 atom stereocenters. The molecule has 0 bridgehead atoms. The van der Waals surface area contributed by atoms with Crippen molar-refractivity contribution >= 4 is 46.9 Å². The van der Waals surface area contributed by atoms with Gasteiger partial charge in [0.15, 0.2) is 18.1 Å². The van der Waals surface area contributed by atoms with Crippen LogP contribution in [0.3, 0.4) is 0 Å². The van der Waals surface area contributed by atoms with Crippen LogP contribution in [0.25, 0.3) is 0 Å². The van der Waals surface area contributed by atoms with Crippen LogP contribution in [-0.2, 0) is 11.4 Å². The smallest absolute Gasteiger partial charge is 0.277 e. The molecule has 1 N–H and O–H groups in total. The van der Waals surface area contributed by atoms with Gasteiger partial charge in [0.05, 0.1) is 22.9 Å². The van der Waals surface area contributed by atoms with Crippen molar-refractivity contribution in [3.05, 3.63) is 86.9 Å². The first-order valence-corrected chi connectivity index (χ1v) is 11.1. The second-order valence-corrected chi connectivity index (χ2v) is 7.96. The topological polar surface area (TPSA) is 69.2 Å². The van der Waals surface area contributed by atoms with E-state index in [9.17, 15) is 4.79 Å². The number of hydrogen-bond acceptors (Lipinski definition) is 5. The van der Waals surface area contributed by atoms with Gasteiger partial charge in [-0.05, 0) is 72.6 Å². The van der Waals surface area contributed by atoms with E-state index in [0.29, 0.717) is 45.5 Å². The van der Waals surface area contributed by atoms with Crippen molar-refractivity contribution in [3.63, 3.8) is 0 Å². The molecule has 3 aromatic carbocycles. The number of nitrogens with one attached hydrogen (secondary N) is 1. The van der Waals surface area contributed by atoms with Crippen LogP contribution < -0.4 is 19.6 Å². The Morgan fingerprint density at radius 2 is 1.70 bits per heavy atom. The zero-order valence-corrected chi connectivity index (χ0v) is 20.0. The summed E-state index contributed by atoms with van der Waals surface area (Å²) in [7, 11) is 0. The summed E-state index contributed by atoms with van der Waals surface area (Å²) in [6, 6.07) is 17.4. The molecule has 0 spiro atoms. The number of hydrazone groups is 1. The molecule has 172 valence electrons. The number of rotatable bonds is 10. The minimum absolute atomic E-state index is 0.176. The molecule has 1 amide bonds. The van der Waals surface area contributed by atoms with E-state index < -0.39 is 5.91 Å². The summed E-state index contributed by atoms with van der Waals surface area (Å²) in [6.45, 7) is 2.46. The molecule has 0 radical (unpaired) electrons. The van der Waals surface area contributed by atoms with Crippen molar-refractivity contribution in [2.75, 3.05) is 13.2 Å². The van der Waals surface area contributed by atoms with E-state index in [-0.39, 0.29) is 6.61 Å². The van der Waals surface area contributed by atoms with Gasteiger partial charge in [-0.2, -0.15) is 5.10 Å². The highest BCUT2D eigenvalue weighted by Crippen LogP contribution is 2.30. The van der Waals surface area contributed by atoms with Crippen LogP contribution in [0.5, 0.6) is 17.2 Å². The van der Waals surface area contributed by atoms with Crippen LogP contribution in [0.4, 0.5) is 0 Å². The lowest BCUT2D eigenvalue weighted by Crippen LogP contribution is -2.24. The Balaban J connectivity index is 1.55. The van der Waals surface area contributed by atoms with Gasteiger partial charge in [0.25, 0.3) is 5.91 Å². The highest BCUT2D eigenvalue weighted by molar-refractivity contribution is 6.42. The summed E-state index contributed by atoms with van der Waals surface area (Å²) in [5, 5.41) is 5.51. The maximum atomic E-state index is 11.9.